The lowest BCUT2D eigenvalue weighted by molar-refractivity contribution is 1.13. The van der Waals surface area contributed by atoms with E-state index >= 15 is 0 Å². The average molecular weight is 259 g/mol. The van der Waals surface area contributed by atoms with Crippen LogP contribution in [0.2, 0.25) is 0 Å². The summed E-state index contributed by atoms with van der Waals surface area (Å²) in [5, 5.41) is 3.19. The maximum Gasteiger partial charge on any atom is 0.168 e. The molecule has 0 atom stereocenters. The fraction of sp³-hybridized carbons (Fsp3) is 0.222. The summed E-state index contributed by atoms with van der Waals surface area (Å²) in [6.45, 7) is 2.10. The van der Waals surface area contributed by atoms with Gasteiger partial charge < -0.3 is 11.1 Å². The van der Waals surface area contributed by atoms with E-state index in [0.717, 1.165) is 16.6 Å². The van der Waals surface area contributed by atoms with Crippen molar-refractivity contribution in [3.63, 3.8) is 0 Å². The Morgan fingerprint density at radius 2 is 2.31 bits per heavy atom. The molecule has 0 amide bonds. The molecule has 1 rings (SSSR count). The summed E-state index contributed by atoms with van der Waals surface area (Å²) in [6.07, 6.45) is 0.980. The summed E-state index contributed by atoms with van der Waals surface area (Å²) < 4.78 is 1.11. The third-order valence-corrected chi connectivity index (χ3v) is 2.57. The Morgan fingerprint density at radius 1 is 1.62 bits per heavy atom. The van der Waals surface area contributed by atoms with Crippen LogP contribution in [-0.4, -0.2) is 5.11 Å². The largest absolute Gasteiger partial charge is 0.376 e. The van der Waals surface area contributed by atoms with Gasteiger partial charge in [0.1, 0.15) is 0 Å². The van der Waals surface area contributed by atoms with Crippen LogP contribution in [0.5, 0.6) is 0 Å². The third-order valence-electron chi connectivity index (χ3n) is 1.69. The van der Waals surface area contributed by atoms with E-state index in [4.69, 9.17) is 18.0 Å². The zero-order valence-electron chi connectivity index (χ0n) is 7.30. The number of aryl methyl sites for hydroxylation is 1. The summed E-state index contributed by atoms with van der Waals surface area (Å²) in [6, 6.07) is 5.95. The van der Waals surface area contributed by atoms with E-state index in [1.807, 2.05) is 18.2 Å². The Labute approximate surface area is 91.6 Å². The van der Waals surface area contributed by atoms with E-state index in [-0.39, 0.29) is 0 Å². The molecule has 70 valence electrons. The molecule has 3 N–H and O–H groups in total. The standard InChI is InChI=1S/C9H11BrN2S/c1-2-6-5-7(12-9(11)13)3-4-8(6)10/h3-5H,2H2,1H3,(H3,11,12,13). The molecule has 2 nitrogen and oxygen atoms in total. The van der Waals surface area contributed by atoms with Gasteiger partial charge in [0.25, 0.3) is 0 Å². The van der Waals surface area contributed by atoms with Crippen LogP contribution in [0.15, 0.2) is 22.7 Å². The predicted molar refractivity (Wildman–Crippen MR) is 63.9 cm³/mol. The van der Waals surface area contributed by atoms with Crippen molar-refractivity contribution in [2.24, 2.45) is 5.73 Å². The van der Waals surface area contributed by atoms with Crippen molar-refractivity contribution in [2.75, 3.05) is 5.32 Å². The number of halogens is 1. The maximum absolute atomic E-state index is 5.36. The molecule has 0 spiro atoms. The highest BCUT2D eigenvalue weighted by Gasteiger charge is 1.99. The van der Waals surface area contributed by atoms with Crippen LogP contribution in [0, 0.1) is 0 Å². The van der Waals surface area contributed by atoms with E-state index in [1.165, 1.54) is 5.56 Å². The number of nitrogens with two attached hydrogens (primary N) is 1. The second-order valence-corrected chi connectivity index (χ2v) is 3.94. The molecule has 0 fully saturated rings. The first kappa shape index (κ1) is 10.5. The molecule has 0 saturated heterocycles. The van der Waals surface area contributed by atoms with Crippen molar-refractivity contribution in [1.82, 2.24) is 0 Å². The van der Waals surface area contributed by atoms with Crippen LogP contribution in [-0.2, 0) is 6.42 Å². The Balaban J connectivity index is 2.92. The molecule has 0 bridgehead atoms. The average Bonchev–Trinajstić information content (AvgIpc) is 2.07. The maximum atomic E-state index is 5.36. The van der Waals surface area contributed by atoms with E-state index < -0.39 is 0 Å². The second kappa shape index (κ2) is 4.58. The van der Waals surface area contributed by atoms with E-state index in [9.17, 15) is 0 Å². The van der Waals surface area contributed by atoms with Gasteiger partial charge in [0, 0.05) is 10.2 Å². The van der Waals surface area contributed by atoms with Gasteiger partial charge in [-0.2, -0.15) is 0 Å². The monoisotopic (exact) mass is 258 g/mol. The first-order valence-electron chi connectivity index (χ1n) is 3.98. The normalized spacial score (nSPS) is 9.69. The summed E-state index contributed by atoms with van der Waals surface area (Å²) in [7, 11) is 0. The molecular formula is C9H11BrN2S. The van der Waals surface area contributed by atoms with Gasteiger partial charge in [0.05, 0.1) is 0 Å². The first-order valence-corrected chi connectivity index (χ1v) is 5.18. The Bertz CT molecular complexity index is 325. The van der Waals surface area contributed by atoms with Crippen molar-refractivity contribution in [3.05, 3.63) is 28.2 Å². The Kier molecular flexibility index (Phi) is 3.69. The van der Waals surface area contributed by atoms with E-state index in [1.54, 1.807) is 0 Å². The molecule has 1 aromatic rings. The number of benzene rings is 1. The Hall–Kier alpha value is -0.610. The lowest BCUT2D eigenvalue weighted by Crippen LogP contribution is -2.18. The lowest BCUT2D eigenvalue weighted by Gasteiger charge is -2.06. The molecule has 1 aromatic carbocycles. The molecule has 4 heteroatoms. The summed E-state index contributed by atoms with van der Waals surface area (Å²) in [5.41, 5.74) is 7.54. The molecule has 0 aliphatic heterocycles. The number of thiocarbonyl (C=S) groups is 1. The molecular weight excluding hydrogens is 248 g/mol. The minimum Gasteiger partial charge on any atom is -0.376 e. The van der Waals surface area contributed by atoms with Gasteiger partial charge in [0.15, 0.2) is 5.11 Å². The third kappa shape index (κ3) is 2.97. The van der Waals surface area contributed by atoms with Crippen LogP contribution in [0.3, 0.4) is 0 Å². The van der Waals surface area contributed by atoms with Crippen molar-refractivity contribution >= 4 is 38.9 Å². The van der Waals surface area contributed by atoms with Gasteiger partial charge in [-0.1, -0.05) is 22.9 Å². The zero-order valence-corrected chi connectivity index (χ0v) is 9.71. The zero-order chi connectivity index (χ0) is 9.84. The molecule has 0 saturated carbocycles. The number of hydrogen-bond acceptors (Lipinski definition) is 1. The van der Waals surface area contributed by atoms with Crippen LogP contribution in [0.25, 0.3) is 0 Å². The molecule has 0 unspecified atom stereocenters. The highest BCUT2D eigenvalue weighted by Crippen LogP contribution is 2.21. The van der Waals surface area contributed by atoms with Crippen molar-refractivity contribution < 1.29 is 0 Å². The highest BCUT2D eigenvalue weighted by atomic mass is 79.9. The Morgan fingerprint density at radius 3 is 2.85 bits per heavy atom. The number of anilines is 1. The van der Waals surface area contributed by atoms with E-state index in [2.05, 4.69) is 28.2 Å². The summed E-state index contributed by atoms with van der Waals surface area (Å²) in [5.74, 6) is 0. The molecule has 0 aliphatic carbocycles. The smallest absolute Gasteiger partial charge is 0.168 e. The number of nitrogens with one attached hydrogen (secondary N) is 1. The molecule has 0 aliphatic rings. The SMILES string of the molecule is CCc1cc(NC(N)=S)ccc1Br. The lowest BCUT2D eigenvalue weighted by atomic mass is 10.1. The fourth-order valence-corrected chi connectivity index (χ4v) is 1.71. The minimum atomic E-state index is 0.296. The second-order valence-electron chi connectivity index (χ2n) is 2.65. The van der Waals surface area contributed by atoms with Crippen LogP contribution >= 0.6 is 28.1 Å². The molecule has 0 radical (unpaired) electrons. The number of hydrogen-bond donors (Lipinski definition) is 2. The summed E-state index contributed by atoms with van der Waals surface area (Å²) >= 11 is 8.21. The summed E-state index contributed by atoms with van der Waals surface area (Å²) in [4.78, 5) is 0. The predicted octanol–water partition coefficient (Wildman–Crippen LogP) is 2.67. The van der Waals surface area contributed by atoms with Crippen molar-refractivity contribution in [3.8, 4) is 0 Å². The first-order chi connectivity index (χ1) is 6.13. The minimum absolute atomic E-state index is 0.296. The van der Waals surface area contributed by atoms with Gasteiger partial charge in [-0.3, -0.25) is 0 Å². The topological polar surface area (TPSA) is 38.0 Å². The van der Waals surface area contributed by atoms with Gasteiger partial charge in [0.2, 0.25) is 0 Å². The van der Waals surface area contributed by atoms with Crippen LogP contribution in [0.1, 0.15) is 12.5 Å². The molecule has 13 heavy (non-hydrogen) atoms. The van der Waals surface area contributed by atoms with Crippen LogP contribution < -0.4 is 11.1 Å². The number of rotatable bonds is 2. The molecule has 0 aromatic heterocycles. The quantitative estimate of drug-likeness (QED) is 0.802. The van der Waals surface area contributed by atoms with Gasteiger partial charge in [-0.25, -0.2) is 0 Å². The van der Waals surface area contributed by atoms with Crippen LogP contribution in [0.4, 0.5) is 5.69 Å². The van der Waals surface area contributed by atoms with E-state index in [0.29, 0.717) is 5.11 Å². The molecule has 0 heterocycles. The highest BCUT2D eigenvalue weighted by molar-refractivity contribution is 9.10. The van der Waals surface area contributed by atoms with Crippen molar-refractivity contribution in [1.29, 1.82) is 0 Å². The van der Waals surface area contributed by atoms with Gasteiger partial charge in [-0.15, -0.1) is 0 Å². The van der Waals surface area contributed by atoms with Gasteiger partial charge in [-0.05, 0) is 42.4 Å². The van der Waals surface area contributed by atoms with Gasteiger partial charge >= 0.3 is 0 Å². The van der Waals surface area contributed by atoms with Crippen molar-refractivity contribution in [2.45, 2.75) is 13.3 Å². The fourth-order valence-electron chi connectivity index (χ4n) is 1.07.